The Labute approximate surface area is 92.6 Å². The van der Waals surface area contributed by atoms with Gasteiger partial charge in [0.05, 0.1) is 14.2 Å². The summed E-state index contributed by atoms with van der Waals surface area (Å²) in [6.07, 6.45) is 0.675. The van der Waals surface area contributed by atoms with Crippen LogP contribution in [0.15, 0.2) is 30.5 Å². The Morgan fingerprint density at radius 2 is 2.00 bits per heavy atom. The van der Waals surface area contributed by atoms with Crippen LogP contribution in [-0.2, 0) is 4.74 Å². The lowest BCUT2D eigenvalue weighted by atomic mass is 10.2. The summed E-state index contributed by atoms with van der Waals surface area (Å²) >= 11 is 0. The molecule has 2 N–H and O–H groups in total. The van der Waals surface area contributed by atoms with E-state index in [9.17, 15) is 0 Å². The van der Waals surface area contributed by atoms with Crippen molar-refractivity contribution >= 4 is 17.1 Å². The van der Waals surface area contributed by atoms with Gasteiger partial charge >= 0.3 is 6.16 Å². The second kappa shape index (κ2) is 5.65. The zero-order valence-electron chi connectivity index (χ0n) is 9.06. The first-order chi connectivity index (χ1) is 7.67. The number of aromatic nitrogens is 1. The molecule has 5 nitrogen and oxygen atoms in total. The number of hydrogen-bond acceptors (Lipinski definition) is 3. The molecule has 16 heavy (non-hydrogen) atoms. The Morgan fingerprint density at radius 1 is 1.31 bits per heavy atom. The number of carbonyl (C=O) groups is 1. The van der Waals surface area contributed by atoms with Crippen molar-refractivity contribution in [2.24, 2.45) is 0 Å². The number of methoxy groups -OCH3 is 2. The quantitative estimate of drug-likeness (QED) is 0.728. The maximum absolute atomic E-state index is 9.15. The summed E-state index contributed by atoms with van der Waals surface area (Å²) < 4.78 is 8.74. The summed E-state index contributed by atoms with van der Waals surface area (Å²) in [5.74, 6) is 0.900. The van der Waals surface area contributed by atoms with Crippen LogP contribution in [0, 0.1) is 0 Å². The predicted octanol–water partition coefficient (Wildman–Crippen LogP) is 2.49. The SMILES string of the molecule is COC(=O)O.COc1ccc2[nH]ccc2c1. The highest BCUT2D eigenvalue weighted by atomic mass is 16.6. The molecule has 0 aliphatic carbocycles. The van der Waals surface area contributed by atoms with E-state index in [4.69, 9.17) is 14.6 Å². The number of rotatable bonds is 1. The Hall–Kier alpha value is -2.17. The molecule has 0 atom stereocenters. The fourth-order valence-corrected chi connectivity index (χ4v) is 1.16. The lowest BCUT2D eigenvalue weighted by molar-refractivity contribution is 0.114. The third-order valence-electron chi connectivity index (χ3n) is 1.94. The van der Waals surface area contributed by atoms with Crippen molar-refractivity contribution < 1.29 is 19.4 Å². The van der Waals surface area contributed by atoms with Gasteiger partial charge in [-0.2, -0.15) is 0 Å². The fourth-order valence-electron chi connectivity index (χ4n) is 1.16. The Balaban J connectivity index is 0.000000221. The fraction of sp³-hybridized carbons (Fsp3) is 0.182. The van der Waals surface area contributed by atoms with E-state index in [0.717, 1.165) is 18.4 Å². The highest BCUT2D eigenvalue weighted by Gasteiger charge is 1.94. The van der Waals surface area contributed by atoms with E-state index in [1.54, 1.807) is 7.11 Å². The molecule has 0 aliphatic rings. The first-order valence-corrected chi connectivity index (χ1v) is 4.55. The van der Waals surface area contributed by atoms with Gasteiger partial charge in [0, 0.05) is 17.1 Å². The largest absolute Gasteiger partial charge is 0.505 e. The minimum absolute atomic E-state index is 0.900. The third-order valence-corrected chi connectivity index (χ3v) is 1.94. The minimum Gasteiger partial charge on any atom is -0.497 e. The second-order valence-corrected chi connectivity index (χ2v) is 2.90. The van der Waals surface area contributed by atoms with Crippen LogP contribution in [0.4, 0.5) is 4.79 Å². The molecular weight excluding hydrogens is 210 g/mol. The van der Waals surface area contributed by atoms with Crippen LogP contribution in [0.2, 0.25) is 0 Å². The van der Waals surface area contributed by atoms with Crippen molar-refractivity contribution in [2.45, 2.75) is 0 Å². The van der Waals surface area contributed by atoms with E-state index in [1.165, 1.54) is 5.39 Å². The summed E-state index contributed by atoms with van der Waals surface area (Å²) in [6.45, 7) is 0. The number of H-pyrrole nitrogens is 1. The van der Waals surface area contributed by atoms with Crippen LogP contribution < -0.4 is 4.74 Å². The molecule has 2 rings (SSSR count). The van der Waals surface area contributed by atoms with Crippen LogP contribution in [0.5, 0.6) is 5.75 Å². The number of benzene rings is 1. The lowest BCUT2D eigenvalue weighted by Gasteiger charge is -1.97. The molecule has 1 aromatic carbocycles. The van der Waals surface area contributed by atoms with Crippen LogP contribution in [-0.4, -0.2) is 30.5 Å². The maximum atomic E-state index is 9.15. The van der Waals surface area contributed by atoms with Gasteiger partial charge < -0.3 is 19.6 Å². The van der Waals surface area contributed by atoms with Crippen LogP contribution in [0.25, 0.3) is 10.9 Å². The van der Waals surface area contributed by atoms with E-state index < -0.39 is 6.16 Å². The molecule has 0 bridgehead atoms. The van der Waals surface area contributed by atoms with E-state index in [-0.39, 0.29) is 0 Å². The minimum atomic E-state index is -1.25. The first-order valence-electron chi connectivity index (χ1n) is 4.55. The van der Waals surface area contributed by atoms with Crippen molar-refractivity contribution in [2.75, 3.05) is 14.2 Å². The molecule has 86 valence electrons. The van der Waals surface area contributed by atoms with E-state index in [2.05, 4.69) is 9.72 Å². The number of nitrogens with one attached hydrogen (secondary N) is 1. The maximum Gasteiger partial charge on any atom is 0.505 e. The predicted molar refractivity (Wildman–Crippen MR) is 59.9 cm³/mol. The number of carboxylic acid groups (broad SMARTS) is 1. The number of aromatic amines is 1. The van der Waals surface area contributed by atoms with Gasteiger partial charge in [0.15, 0.2) is 0 Å². The first kappa shape index (κ1) is 11.9. The molecule has 0 aliphatic heterocycles. The third kappa shape index (κ3) is 3.20. The lowest BCUT2D eigenvalue weighted by Crippen LogP contribution is -1.91. The highest BCUT2D eigenvalue weighted by molar-refractivity contribution is 5.80. The van der Waals surface area contributed by atoms with Crippen molar-refractivity contribution in [1.29, 1.82) is 0 Å². The molecule has 0 radical (unpaired) electrons. The molecular formula is C11H13NO4. The molecule has 0 amide bonds. The monoisotopic (exact) mass is 223 g/mol. The molecule has 2 aromatic rings. The number of hydrogen-bond donors (Lipinski definition) is 2. The smallest absolute Gasteiger partial charge is 0.497 e. The molecule has 0 saturated carbocycles. The molecule has 0 saturated heterocycles. The van der Waals surface area contributed by atoms with Crippen molar-refractivity contribution in [3.8, 4) is 5.75 Å². The van der Waals surface area contributed by atoms with Gasteiger partial charge in [-0.15, -0.1) is 0 Å². The Morgan fingerprint density at radius 3 is 2.56 bits per heavy atom. The van der Waals surface area contributed by atoms with Gasteiger partial charge in [0.2, 0.25) is 0 Å². The molecule has 0 fully saturated rings. The van der Waals surface area contributed by atoms with Gasteiger partial charge in [-0.25, -0.2) is 4.79 Å². The van der Waals surface area contributed by atoms with Gasteiger partial charge in [-0.05, 0) is 24.3 Å². The Kier molecular flexibility index (Phi) is 4.20. The van der Waals surface area contributed by atoms with Gasteiger partial charge in [0.1, 0.15) is 5.75 Å². The van der Waals surface area contributed by atoms with Gasteiger partial charge in [0.25, 0.3) is 0 Å². The van der Waals surface area contributed by atoms with Crippen molar-refractivity contribution in [3.63, 3.8) is 0 Å². The number of fused-ring (bicyclic) bond motifs is 1. The molecule has 0 unspecified atom stereocenters. The van der Waals surface area contributed by atoms with Crippen LogP contribution in [0.3, 0.4) is 0 Å². The second-order valence-electron chi connectivity index (χ2n) is 2.90. The molecule has 5 heteroatoms. The average Bonchev–Trinajstić information content (AvgIpc) is 2.76. The molecule has 0 spiro atoms. The van der Waals surface area contributed by atoms with E-state index in [0.29, 0.717) is 0 Å². The molecule has 1 heterocycles. The van der Waals surface area contributed by atoms with Crippen LogP contribution >= 0.6 is 0 Å². The highest BCUT2D eigenvalue weighted by Crippen LogP contribution is 2.18. The zero-order valence-corrected chi connectivity index (χ0v) is 9.06. The zero-order chi connectivity index (χ0) is 12.0. The summed E-state index contributed by atoms with van der Waals surface area (Å²) in [4.78, 5) is 12.3. The van der Waals surface area contributed by atoms with Crippen molar-refractivity contribution in [3.05, 3.63) is 30.5 Å². The van der Waals surface area contributed by atoms with Crippen LogP contribution in [0.1, 0.15) is 0 Å². The van der Waals surface area contributed by atoms with Gasteiger partial charge in [-0.1, -0.05) is 0 Å². The van der Waals surface area contributed by atoms with Crippen molar-refractivity contribution in [1.82, 2.24) is 4.98 Å². The van der Waals surface area contributed by atoms with Gasteiger partial charge in [-0.3, -0.25) is 0 Å². The molecule has 1 aromatic heterocycles. The summed E-state index contributed by atoms with van der Waals surface area (Å²) in [6, 6.07) is 7.98. The standard InChI is InChI=1S/C9H9NO.C2H4O3/c1-11-8-2-3-9-7(6-8)4-5-10-9;1-5-2(3)4/h2-6,10H,1H3;1H3,(H,3,4). The Bertz CT molecular complexity index is 464. The topological polar surface area (TPSA) is 71.6 Å². The van der Waals surface area contributed by atoms with E-state index >= 15 is 0 Å². The summed E-state index contributed by atoms with van der Waals surface area (Å²) in [5, 5.41) is 8.68. The normalized spacial score (nSPS) is 9.12. The van der Waals surface area contributed by atoms with E-state index in [1.807, 2.05) is 30.5 Å². The summed E-state index contributed by atoms with van der Waals surface area (Å²) in [5.41, 5.74) is 1.14. The number of ether oxygens (including phenoxy) is 2. The average molecular weight is 223 g/mol. The summed E-state index contributed by atoms with van der Waals surface area (Å²) in [7, 11) is 2.77.